The number of anilines is 1. The number of hydrogen-bond acceptors (Lipinski definition) is 7. The van der Waals surface area contributed by atoms with Gasteiger partial charge in [-0.15, -0.1) is 0 Å². The minimum Gasteiger partial charge on any atom is -0.356 e. The third-order valence-electron chi connectivity index (χ3n) is 4.60. The van der Waals surface area contributed by atoms with Crippen LogP contribution in [0.4, 0.5) is 5.82 Å². The Morgan fingerprint density at radius 3 is 2.72 bits per heavy atom. The first-order chi connectivity index (χ1) is 12.1. The van der Waals surface area contributed by atoms with Crippen molar-refractivity contribution >= 4 is 35.1 Å². The van der Waals surface area contributed by atoms with E-state index in [4.69, 9.17) is 21.1 Å². The molecule has 4 rings (SSSR count). The second kappa shape index (κ2) is 7.26. The van der Waals surface area contributed by atoms with Gasteiger partial charge in [0.1, 0.15) is 11.0 Å². The highest BCUT2D eigenvalue weighted by Crippen LogP contribution is 2.33. The SMILES string of the molecule is O=C(CSc1nc(Cl)cc(N2CCC3(CC2)OCCO3)n1)NC1CC1. The summed E-state index contributed by atoms with van der Waals surface area (Å²) in [6.45, 7) is 2.92. The van der Waals surface area contributed by atoms with E-state index in [1.807, 2.05) is 0 Å². The second-order valence-electron chi connectivity index (χ2n) is 6.56. The molecule has 1 aromatic heterocycles. The van der Waals surface area contributed by atoms with Gasteiger partial charge < -0.3 is 19.7 Å². The molecule has 9 heteroatoms. The van der Waals surface area contributed by atoms with Crippen molar-refractivity contribution in [2.75, 3.05) is 37.0 Å². The Labute approximate surface area is 155 Å². The van der Waals surface area contributed by atoms with Gasteiger partial charge in [-0.1, -0.05) is 23.4 Å². The van der Waals surface area contributed by atoms with Crippen molar-refractivity contribution in [2.45, 2.75) is 42.7 Å². The van der Waals surface area contributed by atoms with Crippen molar-refractivity contribution in [2.24, 2.45) is 0 Å². The first kappa shape index (κ1) is 17.3. The lowest BCUT2D eigenvalue weighted by Crippen LogP contribution is -2.45. The van der Waals surface area contributed by atoms with Crippen LogP contribution < -0.4 is 10.2 Å². The molecule has 3 aliphatic rings. The number of rotatable bonds is 5. The predicted molar refractivity (Wildman–Crippen MR) is 95.0 cm³/mol. The number of ether oxygens (including phenoxy) is 2. The molecule has 0 bridgehead atoms. The summed E-state index contributed by atoms with van der Waals surface area (Å²) < 4.78 is 11.5. The summed E-state index contributed by atoms with van der Waals surface area (Å²) >= 11 is 7.47. The summed E-state index contributed by atoms with van der Waals surface area (Å²) in [7, 11) is 0. The van der Waals surface area contributed by atoms with Gasteiger partial charge in [0.25, 0.3) is 0 Å². The van der Waals surface area contributed by atoms with E-state index in [0.29, 0.717) is 35.3 Å². The predicted octanol–water partition coefficient (Wildman–Crippen LogP) is 1.84. The maximum absolute atomic E-state index is 11.8. The highest BCUT2D eigenvalue weighted by atomic mass is 35.5. The molecular weight excluding hydrogens is 364 g/mol. The molecule has 0 unspecified atom stereocenters. The van der Waals surface area contributed by atoms with E-state index >= 15 is 0 Å². The molecule has 7 nitrogen and oxygen atoms in total. The molecule has 1 aromatic rings. The fourth-order valence-electron chi connectivity index (χ4n) is 3.10. The summed E-state index contributed by atoms with van der Waals surface area (Å²) in [6, 6.07) is 2.13. The lowest BCUT2D eigenvalue weighted by atomic mass is 10.0. The third-order valence-corrected chi connectivity index (χ3v) is 5.64. The Hall–Kier alpha value is -1.09. The highest BCUT2D eigenvalue weighted by molar-refractivity contribution is 7.99. The van der Waals surface area contributed by atoms with Crippen molar-refractivity contribution in [3.05, 3.63) is 11.2 Å². The molecule has 2 saturated heterocycles. The number of thioether (sulfide) groups is 1. The van der Waals surface area contributed by atoms with Gasteiger partial charge in [0.05, 0.1) is 19.0 Å². The standard InChI is InChI=1S/C16H21ClN4O3S/c17-12-9-13(21-5-3-16(4-6-21)23-7-8-24-16)20-15(19-12)25-10-14(22)18-11-1-2-11/h9,11H,1-8,10H2,(H,18,22). The average Bonchev–Trinajstić information content (AvgIpc) is 3.30. The van der Waals surface area contributed by atoms with Crippen LogP contribution in [-0.4, -0.2) is 59.8 Å². The smallest absolute Gasteiger partial charge is 0.230 e. The maximum Gasteiger partial charge on any atom is 0.230 e. The van der Waals surface area contributed by atoms with Crippen LogP contribution in [0, 0.1) is 0 Å². The van der Waals surface area contributed by atoms with Gasteiger partial charge >= 0.3 is 0 Å². The lowest BCUT2D eigenvalue weighted by Gasteiger charge is -2.38. The summed E-state index contributed by atoms with van der Waals surface area (Å²) in [4.78, 5) is 22.8. The summed E-state index contributed by atoms with van der Waals surface area (Å²) in [5, 5.41) is 3.88. The minimum absolute atomic E-state index is 0.0214. The normalized spacial score (nSPS) is 22.4. The van der Waals surface area contributed by atoms with Crippen LogP contribution in [-0.2, 0) is 14.3 Å². The number of halogens is 1. The van der Waals surface area contributed by atoms with E-state index in [0.717, 1.165) is 44.6 Å². The topological polar surface area (TPSA) is 76.6 Å². The molecule has 0 radical (unpaired) electrons. The Morgan fingerprint density at radius 1 is 1.32 bits per heavy atom. The van der Waals surface area contributed by atoms with Crippen LogP contribution in [0.3, 0.4) is 0 Å². The van der Waals surface area contributed by atoms with E-state index in [9.17, 15) is 4.79 Å². The van der Waals surface area contributed by atoms with Gasteiger partial charge in [0.15, 0.2) is 10.9 Å². The quantitative estimate of drug-likeness (QED) is 0.471. The number of piperidine rings is 1. The van der Waals surface area contributed by atoms with Crippen LogP contribution in [0.1, 0.15) is 25.7 Å². The number of carbonyl (C=O) groups excluding carboxylic acids is 1. The molecule has 0 aromatic carbocycles. The van der Waals surface area contributed by atoms with E-state index in [-0.39, 0.29) is 5.91 Å². The van der Waals surface area contributed by atoms with Gasteiger partial charge in [-0.25, -0.2) is 9.97 Å². The molecule has 136 valence electrons. The Bertz CT molecular complexity index is 642. The average molecular weight is 385 g/mol. The number of nitrogens with one attached hydrogen (secondary N) is 1. The van der Waals surface area contributed by atoms with Crippen LogP contribution in [0.5, 0.6) is 0 Å². The monoisotopic (exact) mass is 384 g/mol. The van der Waals surface area contributed by atoms with Crippen LogP contribution >= 0.6 is 23.4 Å². The first-order valence-electron chi connectivity index (χ1n) is 8.62. The zero-order chi connectivity index (χ0) is 17.3. The molecule has 1 aliphatic carbocycles. The second-order valence-corrected chi connectivity index (χ2v) is 7.89. The Kier molecular flexibility index (Phi) is 5.04. The number of nitrogens with zero attached hydrogens (tertiary/aromatic N) is 3. The molecule has 1 amide bonds. The van der Waals surface area contributed by atoms with Gasteiger partial charge in [-0.3, -0.25) is 4.79 Å². The first-order valence-corrected chi connectivity index (χ1v) is 9.98. The van der Waals surface area contributed by atoms with Crippen molar-refractivity contribution in [1.29, 1.82) is 0 Å². The van der Waals surface area contributed by atoms with Crippen LogP contribution in [0.25, 0.3) is 0 Å². The molecule has 1 N–H and O–H groups in total. The molecule has 3 heterocycles. The molecular formula is C16H21ClN4O3S. The van der Waals surface area contributed by atoms with Crippen molar-refractivity contribution in [3.63, 3.8) is 0 Å². The van der Waals surface area contributed by atoms with Crippen LogP contribution in [0.2, 0.25) is 5.15 Å². The van der Waals surface area contributed by atoms with Crippen molar-refractivity contribution in [1.82, 2.24) is 15.3 Å². The fraction of sp³-hybridized carbons (Fsp3) is 0.688. The zero-order valence-corrected chi connectivity index (χ0v) is 15.4. The van der Waals surface area contributed by atoms with Gasteiger partial charge in [0, 0.05) is 38.0 Å². The number of carbonyl (C=O) groups is 1. The van der Waals surface area contributed by atoms with Crippen molar-refractivity contribution in [3.8, 4) is 0 Å². The highest BCUT2D eigenvalue weighted by Gasteiger charge is 2.40. The Morgan fingerprint density at radius 2 is 2.04 bits per heavy atom. The Balaban J connectivity index is 1.36. The van der Waals surface area contributed by atoms with E-state index < -0.39 is 5.79 Å². The molecule has 1 saturated carbocycles. The maximum atomic E-state index is 11.8. The van der Waals surface area contributed by atoms with E-state index in [2.05, 4.69) is 20.2 Å². The summed E-state index contributed by atoms with van der Waals surface area (Å²) in [6.07, 6.45) is 3.78. The summed E-state index contributed by atoms with van der Waals surface area (Å²) in [5.41, 5.74) is 0. The van der Waals surface area contributed by atoms with Gasteiger partial charge in [-0.2, -0.15) is 0 Å². The number of hydrogen-bond donors (Lipinski definition) is 1. The van der Waals surface area contributed by atoms with Crippen molar-refractivity contribution < 1.29 is 14.3 Å². The molecule has 2 aliphatic heterocycles. The molecule has 25 heavy (non-hydrogen) atoms. The minimum atomic E-state index is -0.411. The number of aromatic nitrogens is 2. The fourth-order valence-corrected chi connectivity index (χ4v) is 3.99. The lowest BCUT2D eigenvalue weighted by molar-refractivity contribution is -0.169. The van der Waals surface area contributed by atoms with E-state index in [1.54, 1.807) is 6.07 Å². The largest absolute Gasteiger partial charge is 0.356 e. The molecule has 3 fully saturated rings. The zero-order valence-electron chi connectivity index (χ0n) is 13.9. The number of amides is 1. The molecule has 0 atom stereocenters. The third kappa shape index (κ3) is 4.36. The van der Waals surface area contributed by atoms with Crippen LogP contribution in [0.15, 0.2) is 11.2 Å². The molecule has 1 spiro atoms. The van der Waals surface area contributed by atoms with Gasteiger partial charge in [0.2, 0.25) is 5.91 Å². The summed E-state index contributed by atoms with van der Waals surface area (Å²) in [5.74, 6) is 0.707. The van der Waals surface area contributed by atoms with Gasteiger partial charge in [-0.05, 0) is 12.8 Å². The van der Waals surface area contributed by atoms with E-state index in [1.165, 1.54) is 11.8 Å².